The number of carbonyl (C=O) groups is 2. The van der Waals surface area contributed by atoms with Gasteiger partial charge in [0.25, 0.3) is 5.91 Å². The molecule has 0 aromatic carbocycles. The van der Waals surface area contributed by atoms with E-state index in [0.29, 0.717) is 0 Å². The lowest BCUT2D eigenvalue weighted by Crippen LogP contribution is -2.41. The Bertz CT molecular complexity index is 193. The minimum Gasteiger partial charge on any atom is -0.467 e. The molecule has 0 aliphatic carbocycles. The first-order chi connectivity index (χ1) is 5.16. The maximum Gasteiger partial charge on any atom is 0.339 e. The van der Waals surface area contributed by atoms with Crippen LogP contribution in [0.4, 0.5) is 0 Å². The van der Waals surface area contributed by atoms with Gasteiger partial charge < -0.3 is 10.5 Å². The fourth-order valence-electron chi connectivity index (χ4n) is 0.711. The summed E-state index contributed by atoms with van der Waals surface area (Å²) in [6.45, 7) is 0. The first kappa shape index (κ1) is 7.96. The molecule has 2 atom stereocenters. The molecule has 1 amide bonds. The highest BCUT2D eigenvalue weighted by atomic mass is 16.7. The van der Waals surface area contributed by atoms with E-state index < -0.39 is 24.0 Å². The molecular weight excluding hydrogens is 152 g/mol. The molecule has 0 aromatic heterocycles. The van der Waals surface area contributed by atoms with Gasteiger partial charge in [-0.15, -0.1) is 0 Å². The third-order valence-corrected chi connectivity index (χ3v) is 1.35. The van der Waals surface area contributed by atoms with Crippen LogP contribution in [0.1, 0.15) is 0 Å². The van der Waals surface area contributed by atoms with E-state index in [2.05, 4.69) is 9.57 Å². The van der Waals surface area contributed by atoms with Gasteiger partial charge in [0.15, 0.2) is 0 Å². The van der Waals surface area contributed by atoms with E-state index in [1.54, 1.807) is 0 Å². The van der Waals surface area contributed by atoms with Crippen LogP contribution < -0.4 is 11.2 Å². The van der Waals surface area contributed by atoms with Gasteiger partial charge in [-0.3, -0.25) is 9.63 Å². The van der Waals surface area contributed by atoms with Crippen LogP contribution in [0.25, 0.3) is 0 Å². The number of hydroxylamine groups is 1. The second-order valence-corrected chi connectivity index (χ2v) is 2.05. The summed E-state index contributed by atoms with van der Waals surface area (Å²) in [6, 6.07) is -0.970. The second kappa shape index (κ2) is 2.85. The Labute approximate surface area is 62.6 Å². The van der Waals surface area contributed by atoms with Crippen LogP contribution in [0.2, 0.25) is 0 Å². The summed E-state index contributed by atoms with van der Waals surface area (Å²) in [5, 5.41) is 0. The number of nitrogens with one attached hydrogen (secondary N) is 1. The largest absolute Gasteiger partial charge is 0.467 e. The molecule has 62 valence electrons. The van der Waals surface area contributed by atoms with Gasteiger partial charge in [-0.1, -0.05) is 0 Å². The Balaban J connectivity index is 2.61. The molecule has 3 N–H and O–H groups in total. The Morgan fingerprint density at radius 3 is 2.82 bits per heavy atom. The highest BCUT2D eigenvalue weighted by Gasteiger charge is 2.39. The number of amides is 1. The van der Waals surface area contributed by atoms with Crippen LogP contribution in [-0.4, -0.2) is 31.1 Å². The van der Waals surface area contributed by atoms with E-state index in [4.69, 9.17) is 5.73 Å². The summed E-state index contributed by atoms with van der Waals surface area (Å²) in [6.07, 6.45) is -1.02. The van der Waals surface area contributed by atoms with Crippen molar-refractivity contribution < 1.29 is 19.2 Å². The van der Waals surface area contributed by atoms with E-state index in [1.807, 2.05) is 5.48 Å². The predicted octanol–water partition coefficient (Wildman–Crippen LogP) is -2.08. The average molecular weight is 160 g/mol. The molecule has 6 nitrogen and oxygen atoms in total. The van der Waals surface area contributed by atoms with Gasteiger partial charge in [-0.2, -0.15) is 0 Å². The molecule has 1 saturated heterocycles. The van der Waals surface area contributed by atoms with Crippen molar-refractivity contribution in [3.63, 3.8) is 0 Å². The lowest BCUT2D eigenvalue weighted by molar-refractivity contribution is -0.154. The van der Waals surface area contributed by atoms with Crippen molar-refractivity contribution in [2.45, 2.75) is 12.1 Å². The SMILES string of the molecule is COC(=O)[C@H]1ONC(=O)[C@@H]1N. The van der Waals surface area contributed by atoms with E-state index >= 15 is 0 Å². The molecule has 0 unspecified atom stereocenters. The van der Waals surface area contributed by atoms with Crippen molar-refractivity contribution in [1.29, 1.82) is 0 Å². The normalized spacial score (nSPS) is 29.8. The zero-order chi connectivity index (χ0) is 8.43. The van der Waals surface area contributed by atoms with Crippen molar-refractivity contribution in [2.75, 3.05) is 7.11 Å². The zero-order valence-electron chi connectivity index (χ0n) is 5.87. The van der Waals surface area contributed by atoms with Gasteiger partial charge in [0, 0.05) is 0 Å². The third kappa shape index (κ3) is 1.31. The van der Waals surface area contributed by atoms with E-state index in [1.165, 1.54) is 7.11 Å². The Morgan fingerprint density at radius 2 is 2.45 bits per heavy atom. The summed E-state index contributed by atoms with van der Waals surface area (Å²) >= 11 is 0. The van der Waals surface area contributed by atoms with Crippen molar-refractivity contribution >= 4 is 11.9 Å². The molecule has 0 spiro atoms. The van der Waals surface area contributed by atoms with Crippen molar-refractivity contribution in [1.82, 2.24) is 5.48 Å². The Hall–Kier alpha value is -1.14. The number of rotatable bonds is 1. The highest BCUT2D eigenvalue weighted by molar-refractivity contribution is 5.91. The summed E-state index contributed by atoms with van der Waals surface area (Å²) in [7, 11) is 1.20. The summed E-state index contributed by atoms with van der Waals surface area (Å²) in [5.41, 5.74) is 7.23. The van der Waals surface area contributed by atoms with Gasteiger partial charge in [-0.05, 0) is 0 Å². The van der Waals surface area contributed by atoms with Gasteiger partial charge in [0.2, 0.25) is 6.10 Å². The topological polar surface area (TPSA) is 90.6 Å². The van der Waals surface area contributed by atoms with Gasteiger partial charge in [-0.25, -0.2) is 10.3 Å². The first-order valence-corrected chi connectivity index (χ1v) is 2.95. The first-order valence-electron chi connectivity index (χ1n) is 2.95. The van der Waals surface area contributed by atoms with Crippen LogP contribution in [0.5, 0.6) is 0 Å². The minimum atomic E-state index is -1.02. The van der Waals surface area contributed by atoms with Crippen molar-refractivity contribution in [3.05, 3.63) is 0 Å². The summed E-state index contributed by atoms with van der Waals surface area (Å²) < 4.78 is 4.32. The lowest BCUT2D eigenvalue weighted by atomic mass is 10.2. The van der Waals surface area contributed by atoms with Crippen LogP contribution >= 0.6 is 0 Å². The van der Waals surface area contributed by atoms with Crippen molar-refractivity contribution in [3.8, 4) is 0 Å². The number of esters is 1. The van der Waals surface area contributed by atoms with E-state index in [-0.39, 0.29) is 0 Å². The molecule has 0 saturated carbocycles. The zero-order valence-corrected chi connectivity index (χ0v) is 5.87. The van der Waals surface area contributed by atoms with Crippen molar-refractivity contribution in [2.24, 2.45) is 5.73 Å². The summed E-state index contributed by atoms with van der Waals surface area (Å²) in [5.74, 6) is -1.17. The minimum absolute atomic E-state index is 0.514. The third-order valence-electron chi connectivity index (χ3n) is 1.35. The van der Waals surface area contributed by atoms with Crippen LogP contribution in [0, 0.1) is 0 Å². The van der Waals surface area contributed by atoms with E-state index in [9.17, 15) is 9.59 Å². The molecule has 0 aromatic rings. The number of methoxy groups -OCH3 is 1. The van der Waals surface area contributed by atoms with Gasteiger partial charge >= 0.3 is 5.97 Å². The smallest absolute Gasteiger partial charge is 0.339 e. The molecule has 1 fully saturated rings. The number of hydrogen-bond acceptors (Lipinski definition) is 5. The predicted molar refractivity (Wildman–Crippen MR) is 33.0 cm³/mol. The number of hydrogen-bond donors (Lipinski definition) is 2. The van der Waals surface area contributed by atoms with Crippen LogP contribution in [-0.2, 0) is 19.2 Å². The Kier molecular flexibility index (Phi) is 2.06. The maximum absolute atomic E-state index is 10.8. The number of nitrogens with two attached hydrogens (primary N) is 1. The molecule has 1 heterocycles. The molecule has 1 rings (SSSR count). The fourth-order valence-corrected chi connectivity index (χ4v) is 0.711. The second-order valence-electron chi connectivity index (χ2n) is 2.05. The number of carbonyl (C=O) groups excluding carboxylic acids is 2. The monoisotopic (exact) mass is 160 g/mol. The fraction of sp³-hybridized carbons (Fsp3) is 0.600. The molecular formula is C5H8N2O4. The van der Waals surface area contributed by atoms with Crippen LogP contribution in [0.15, 0.2) is 0 Å². The van der Waals surface area contributed by atoms with E-state index in [0.717, 1.165) is 0 Å². The molecule has 0 bridgehead atoms. The lowest BCUT2D eigenvalue weighted by Gasteiger charge is -2.06. The van der Waals surface area contributed by atoms with Crippen LogP contribution in [0.3, 0.4) is 0 Å². The average Bonchev–Trinajstić information content (AvgIpc) is 2.32. The van der Waals surface area contributed by atoms with Gasteiger partial charge in [0.05, 0.1) is 7.11 Å². The quantitative estimate of drug-likeness (QED) is 0.429. The molecule has 11 heavy (non-hydrogen) atoms. The number of ether oxygens (including phenoxy) is 1. The molecule has 1 aliphatic heterocycles. The Morgan fingerprint density at radius 1 is 1.82 bits per heavy atom. The maximum atomic E-state index is 10.8. The van der Waals surface area contributed by atoms with Gasteiger partial charge in [0.1, 0.15) is 6.04 Å². The standard InChI is InChI=1S/C5H8N2O4/c1-10-5(9)3-2(6)4(8)7-11-3/h2-3H,6H2,1H3,(H,7,8)/t2-,3+/m1/s1. The molecule has 6 heteroatoms. The molecule has 0 radical (unpaired) electrons. The molecule has 1 aliphatic rings. The summed E-state index contributed by atoms with van der Waals surface area (Å²) in [4.78, 5) is 25.9. The highest BCUT2D eigenvalue weighted by Crippen LogP contribution is 2.04.